The smallest absolute Gasteiger partial charge is 0.220 e. The van der Waals surface area contributed by atoms with Gasteiger partial charge in [-0.05, 0) is 287 Å². The number of fused-ring (bicyclic) bond motifs is 21. The van der Waals surface area contributed by atoms with Crippen LogP contribution in [0.3, 0.4) is 0 Å². The molecule has 3 aliphatic heterocycles. The summed E-state index contributed by atoms with van der Waals surface area (Å²) in [7, 11) is -2.42. The van der Waals surface area contributed by atoms with Crippen molar-refractivity contribution < 1.29 is 54.0 Å². The summed E-state index contributed by atoms with van der Waals surface area (Å²) in [5.74, 6) is 3.81. The van der Waals surface area contributed by atoms with Crippen molar-refractivity contribution in [3.05, 3.63) is 430 Å². The minimum Gasteiger partial charge on any atom is -0.457 e. The first-order valence-electron chi connectivity index (χ1n) is 61.8. The number of hydrogen-bond acceptors (Lipinski definition) is 7. The molecule has 0 amide bonds. The van der Waals surface area contributed by atoms with Crippen molar-refractivity contribution >= 4 is 112 Å². The monoisotopic (exact) mass is 1920 g/mol. The van der Waals surface area contributed by atoms with Crippen molar-refractivity contribution in [3.8, 4) is 124 Å². The fraction of sp³-hybridized carbons (Fsp3) is 0.146. The molecule has 0 spiro atoms. The van der Waals surface area contributed by atoms with E-state index < -0.39 is 86.9 Å². The number of nitrogens with zero attached hydrogens (tertiary/aromatic N) is 8. The number of aryl methyl sites for hydroxylation is 4. The van der Waals surface area contributed by atoms with E-state index in [1.54, 1.807) is 88.0 Å². The highest BCUT2D eigenvalue weighted by atomic mass is 32.1. The van der Waals surface area contributed by atoms with Crippen LogP contribution in [0.2, 0.25) is 13.1 Å². The number of benzene rings is 18. The Bertz CT molecular complexity index is 10400. The molecule has 11 nitrogen and oxygen atoms in total. The van der Waals surface area contributed by atoms with Gasteiger partial charge in [0.1, 0.15) is 42.6 Å². The normalized spacial score (nSPS) is 17.4. The van der Waals surface area contributed by atoms with Crippen molar-refractivity contribution in [1.29, 1.82) is 0 Å². The highest BCUT2D eigenvalue weighted by molar-refractivity contribution is 7.24. The molecule has 3 aliphatic rings. The highest BCUT2D eigenvalue weighted by Gasteiger charge is 2.41. The summed E-state index contributed by atoms with van der Waals surface area (Å²) in [4.78, 5) is 15.4. The minimum atomic E-state index is -2.99. The van der Waals surface area contributed by atoms with Gasteiger partial charge in [-0.25, -0.2) is 15.0 Å². The molecule has 6 aromatic heterocycles. The lowest BCUT2D eigenvalue weighted by Gasteiger charge is -2.35. The Morgan fingerprint density at radius 2 is 0.643 bits per heavy atom. The van der Waals surface area contributed by atoms with Crippen LogP contribution in [0, 0.1) is 61.7 Å². The standard InChI is InChI=1S/C45H38N2OS.C43H35N3O.C42H35N3OSi/c1-7-29-23-25-31(28(4)41(29)33-15-13-20-38-43(33)49-44-46-36-18-9-10-19-37(36)47(38)44)30-24-22-26(2)40(27(30)3)32-14-12-17-35-42(32)48-39-21-11-8-16-34(39)45(35,5)6;1-26-24-25-30(28(3)40(26)31-15-12-17-33-41(31)47-39-23-11-6-16-32(39)43(33,4)5)29-14-13-22-35(27(29)2)45-37-20-9-10-21-38(37)46-36-19-8-7-18-34(36)44-42(45)46;1-26-24-25-30(28(3)40(26)31-15-13-23-39-41(31)46-37-21-10-11-22-38(37)47(39,4)5)29-14-12-20-33(27(29)2)44-35-18-8-9-19-36(35)45-34-17-7-6-16-32(34)43-42(44)45/h8-25H,7H2,1-6H3;2*6-25H,1-5H3/i2D3,3D3,4D3,7D2;2*1D3,2D3,3D3. The van der Waals surface area contributed by atoms with E-state index in [9.17, 15) is 0 Å². The van der Waals surface area contributed by atoms with Gasteiger partial charge in [0.05, 0.1) is 76.8 Å². The van der Waals surface area contributed by atoms with Crippen LogP contribution in [0.25, 0.3) is 171 Å². The van der Waals surface area contributed by atoms with Crippen molar-refractivity contribution in [2.45, 2.75) is 127 Å². The molecule has 9 heterocycles. The van der Waals surface area contributed by atoms with Gasteiger partial charge in [0.25, 0.3) is 0 Å². The molecule has 0 saturated carbocycles. The summed E-state index contributed by atoms with van der Waals surface area (Å²) in [6.07, 6.45) is -2.05. The van der Waals surface area contributed by atoms with Gasteiger partial charge in [-0.15, -0.1) is 0 Å². The van der Waals surface area contributed by atoms with Crippen LogP contribution < -0.4 is 24.6 Å². The number of ether oxygens (including phenoxy) is 3. The zero-order valence-electron chi connectivity index (χ0n) is 108. The van der Waals surface area contributed by atoms with E-state index in [1.807, 2.05) is 265 Å². The maximum atomic E-state index is 9.12. The highest BCUT2D eigenvalue weighted by Crippen LogP contribution is 2.57. The molecular weight excluding hydrogens is 1780 g/mol. The molecular formula is C130H108N8O3SSi. The van der Waals surface area contributed by atoms with E-state index in [4.69, 9.17) is 68.9 Å². The molecule has 27 rings (SSSR count). The zero-order chi connectivity index (χ0) is 122. The largest absolute Gasteiger partial charge is 0.457 e. The van der Waals surface area contributed by atoms with Gasteiger partial charge in [-0.3, -0.25) is 22.3 Å². The molecule has 0 aliphatic carbocycles. The fourth-order valence-corrected chi connectivity index (χ4v) is 26.1. The van der Waals surface area contributed by atoms with Crippen LogP contribution >= 0.6 is 11.3 Å². The molecule has 24 aromatic rings. The summed E-state index contributed by atoms with van der Waals surface area (Å²) in [5.41, 5.74) is 11.1. The summed E-state index contributed by atoms with van der Waals surface area (Å²) in [6, 6.07) is 104. The second-order valence-electron chi connectivity index (χ2n) is 38.1. The summed E-state index contributed by atoms with van der Waals surface area (Å²) in [5, 5.41) is 1.97. The molecule has 13 heteroatoms. The van der Waals surface area contributed by atoms with Crippen LogP contribution in [0.5, 0.6) is 34.5 Å². The predicted octanol–water partition coefficient (Wildman–Crippen LogP) is 33.4. The number of rotatable bonds is 10. The van der Waals surface area contributed by atoms with Crippen LogP contribution in [0.15, 0.2) is 352 Å². The van der Waals surface area contributed by atoms with Crippen molar-refractivity contribution in [3.63, 3.8) is 0 Å². The number of imidazole rings is 5. The second-order valence-corrected chi connectivity index (χ2v) is 43.4. The summed E-state index contributed by atoms with van der Waals surface area (Å²) in [6.45, 7) is -11.7. The molecule has 0 unspecified atom stereocenters. The molecule has 0 N–H and O–H groups in total. The molecule has 143 heavy (non-hydrogen) atoms. The molecule has 0 radical (unpaired) electrons. The van der Waals surface area contributed by atoms with Crippen LogP contribution in [0.4, 0.5) is 0 Å². The lowest BCUT2D eigenvalue weighted by Crippen LogP contribution is -2.56. The van der Waals surface area contributed by atoms with Crippen LogP contribution in [-0.2, 0) is 17.2 Å². The lowest BCUT2D eigenvalue weighted by atomic mass is 9.74. The minimum absolute atomic E-state index is 0.0131. The van der Waals surface area contributed by atoms with Gasteiger partial charge in [0.15, 0.2) is 4.96 Å². The lowest BCUT2D eigenvalue weighted by molar-refractivity contribution is 0.419. The summed E-state index contributed by atoms with van der Waals surface area (Å²) >= 11 is 1.35. The Kier molecular flexibility index (Phi) is 14.5. The number of thiazole rings is 1. The maximum Gasteiger partial charge on any atom is 0.220 e. The third kappa shape index (κ3) is 13.5. The number of para-hydroxylation sites is 16. The third-order valence-electron chi connectivity index (χ3n) is 29.2. The topological polar surface area (TPSA) is 89.5 Å². The SMILES string of the molecule is [2H]C([2H])([2H])c1ccc(-c2ccc(C([2H])([2H])C)c(-c3cccc4c3sc3nc5ccccc5n34)c2C([2H])([2H])[2H])c(C([2H])([2H])[2H])c1-c1cccc2c1Oc1ccccc1C2(C)C.[2H]C([2H])([2H])c1ccc(-c2cccc(-n3c4ccccc4n4c5ccccc5nc34)c2C([2H])([2H])[2H])c(C([2H])([2H])[2H])c1-c1cccc2c1Oc1ccccc1C2(C)C.[2H]C([2H])([2H])c1ccc(-c2cccc(-n3c4ccccc4n4c5ccccc5nc34)c2C([2H])([2H])[2H])c(C([2H])([2H])[2H])c1-c1cccc2c1Oc1ccccc1[Si]2(C)C. The van der Waals surface area contributed by atoms with Gasteiger partial charge in [0, 0.05) is 95.1 Å². The van der Waals surface area contributed by atoms with E-state index >= 15 is 0 Å². The Labute approximate surface area is 878 Å². The Morgan fingerprint density at radius 3 is 1.13 bits per heavy atom. The second kappa shape index (κ2) is 33.5. The average Bonchev–Trinajstić information content (AvgIpc) is 0.929. The van der Waals surface area contributed by atoms with Crippen molar-refractivity contribution in [1.82, 2.24) is 37.3 Å². The first kappa shape index (κ1) is 62.1. The van der Waals surface area contributed by atoms with E-state index in [2.05, 4.69) is 13.1 Å². The van der Waals surface area contributed by atoms with Gasteiger partial charge in [-0.1, -0.05) is 314 Å². The molecule has 18 aromatic carbocycles. The van der Waals surface area contributed by atoms with E-state index in [1.165, 1.54) is 66.8 Å². The Morgan fingerprint density at radius 1 is 0.294 bits per heavy atom. The van der Waals surface area contributed by atoms with Crippen molar-refractivity contribution in [2.75, 3.05) is 0 Å². The van der Waals surface area contributed by atoms with Crippen LogP contribution in [-0.4, -0.2) is 45.4 Å². The Hall–Kier alpha value is -16.2. The first-order chi connectivity index (χ1) is 81.0. The van der Waals surface area contributed by atoms with Gasteiger partial charge < -0.3 is 14.2 Å². The quantitative estimate of drug-likeness (QED) is 0.127. The Balaban J connectivity index is 0.000000129. The number of hydrogen-bond donors (Lipinski definition) is 0. The van der Waals surface area contributed by atoms with Gasteiger partial charge >= 0.3 is 0 Å². The molecule has 0 bridgehead atoms. The van der Waals surface area contributed by atoms with Gasteiger partial charge in [0.2, 0.25) is 11.6 Å². The zero-order valence-corrected chi connectivity index (χ0v) is 80.5. The van der Waals surface area contributed by atoms with E-state index in [-0.39, 0.29) is 122 Å². The summed E-state index contributed by atoms with van der Waals surface area (Å²) < 4.78 is 289. The molecule has 696 valence electrons. The predicted molar refractivity (Wildman–Crippen MR) is 598 cm³/mol. The van der Waals surface area contributed by atoms with Crippen LogP contribution in [0.1, 0.15) is 152 Å². The molecule has 0 fully saturated rings. The first-order valence-corrected chi connectivity index (χ1v) is 51.1. The van der Waals surface area contributed by atoms with E-state index in [0.717, 1.165) is 82.3 Å². The third-order valence-corrected chi connectivity index (χ3v) is 33.7. The van der Waals surface area contributed by atoms with Gasteiger partial charge in [-0.2, -0.15) is 0 Å². The van der Waals surface area contributed by atoms with Crippen molar-refractivity contribution in [2.24, 2.45) is 0 Å². The fourth-order valence-electron chi connectivity index (χ4n) is 22.1. The maximum absolute atomic E-state index is 9.12. The number of aromatic nitrogens is 8. The molecule has 0 saturated heterocycles. The van der Waals surface area contributed by atoms with E-state index in [0.29, 0.717) is 89.2 Å². The average molecular weight is 1920 g/mol. The molecule has 0 atom stereocenters.